The molecule has 19 heavy (non-hydrogen) atoms. The standard InChI is InChI=1S/C12H21N5O2/c1-4-6-15(10-7-13-8-10)12-11(17(18)19)9(3)14-16(12)5-2/h10,13H,4-8H2,1-3H3. The zero-order valence-electron chi connectivity index (χ0n) is 11.7. The Morgan fingerprint density at radius 3 is 2.63 bits per heavy atom. The maximum absolute atomic E-state index is 11.3. The molecule has 0 spiro atoms. The fourth-order valence-corrected chi connectivity index (χ4v) is 2.47. The molecule has 0 saturated carbocycles. The zero-order valence-corrected chi connectivity index (χ0v) is 11.7. The van der Waals surface area contributed by atoms with Gasteiger partial charge in [0.1, 0.15) is 5.69 Å². The van der Waals surface area contributed by atoms with Gasteiger partial charge >= 0.3 is 5.69 Å². The van der Waals surface area contributed by atoms with Crippen LogP contribution >= 0.6 is 0 Å². The van der Waals surface area contributed by atoms with Crippen molar-refractivity contribution in [1.29, 1.82) is 0 Å². The Kier molecular flexibility index (Phi) is 4.04. The molecule has 0 amide bonds. The molecule has 1 aromatic rings. The first-order chi connectivity index (χ1) is 9.10. The first kappa shape index (κ1) is 13.8. The lowest BCUT2D eigenvalue weighted by Gasteiger charge is -2.39. The number of hydrogen-bond acceptors (Lipinski definition) is 5. The Bertz CT molecular complexity index is 467. The number of nitrogens with one attached hydrogen (secondary N) is 1. The molecule has 0 aliphatic carbocycles. The number of rotatable bonds is 6. The second-order valence-corrected chi connectivity index (χ2v) is 4.84. The van der Waals surface area contributed by atoms with E-state index in [0.717, 1.165) is 26.1 Å². The van der Waals surface area contributed by atoms with Crippen LogP contribution in [0.25, 0.3) is 0 Å². The number of anilines is 1. The van der Waals surface area contributed by atoms with Gasteiger partial charge in [-0.2, -0.15) is 5.10 Å². The van der Waals surface area contributed by atoms with Crippen molar-refractivity contribution in [2.75, 3.05) is 24.5 Å². The van der Waals surface area contributed by atoms with Crippen molar-refractivity contribution < 1.29 is 4.92 Å². The average molecular weight is 267 g/mol. The van der Waals surface area contributed by atoms with Crippen molar-refractivity contribution in [2.45, 2.75) is 39.8 Å². The fraction of sp³-hybridized carbons (Fsp3) is 0.750. The van der Waals surface area contributed by atoms with Crippen LogP contribution < -0.4 is 10.2 Å². The van der Waals surface area contributed by atoms with E-state index in [4.69, 9.17) is 0 Å². The highest BCUT2D eigenvalue weighted by atomic mass is 16.6. The highest BCUT2D eigenvalue weighted by molar-refractivity contribution is 5.62. The molecule has 1 saturated heterocycles. The van der Waals surface area contributed by atoms with Gasteiger partial charge in [-0.15, -0.1) is 0 Å². The smallest absolute Gasteiger partial charge is 0.333 e. The van der Waals surface area contributed by atoms with Crippen molar-refractivity contribution in [3.63, 3.8) is 0 Å². The Morgan fingerprint density at radius 2 is 2.21 bits per heavy atom. The summed E-state index contributed by atoms with van der Waals surface area (Å²) < 4.78 is 1.75. The molecular weight excluding hydrogens is 246 g/mol. The van der Waals surface area contributed by atoms with Gasteiger partial charge in [0.2, 0.25) is 5.82 Å². The van der Waals surface area contributed by atoms with Crippen molar-refractivity contribution in [2.24, 2.45) is 0 Å². The molecule has 0 atom stereocenters. The van der Waals surface area contributed by atoms with Gasteiger partial charge < -0.3 is 10.2 Å². The largest absolute Gasteiger partial charge is 0.346 e. The normalized spacial score (nSPS) is 15.3. The van der Waals surface area contributed by atoms with Gasteiger partial charge in [-0.3, -0.25) is 10.1 Å². The summed E-state index contributed by atoms with van der Waals surface area (Å²) >= 11 is 0. The molecule has 1 N–H and O–H groups in total. The Hall–Kier alpha value is -1.63. The summed E-state index contributed by atoms with van der Waals surface area (Å²) in [6.07, 6.45) is 0.960. The quantitative estimate of drug-likeness (QED) is 0.621. The van der Waals surface area contributed by atoms with E-state index in [0.29, 0.717) is 24.1 Å². The highest BCUT2D eigenvalue weighted by Gasteiger charge is 2.34. The molecule has 0 bridgehead atoms. The van der Waals surface area contributed by atoms with Gasteiger partial charge in [-0.25, -0.2) is 4.68 Å². The predicted molar refractivity (Wildman–Crippen MR) is 73.6 cm³/mol. The first-order valence-corrected chi connectivity index (χ1v) is 6.79. The van der Waals surface area contributed by atoms with Crippen LogP contribution in [0, 0.1) is 17.0 Å². The Morgan fingerprint density at radius 1 is 1.53 bits per heavy atom. The summed E-state index contributed by atoms with van der Waals surface area (Å²) in [5.74, 6) is 0.665. The van der Waals surface area contributed by atoms with Gasteiger partial charge in [-0.05, 0) is 20.3 Å². The lowest BCUT2D eigenvalue weighted by Crippen LogP contribution is -2.58. The molecule has 0 unspecified atom stereocenters. The van der Waals surface area contributed by atoms with Gasteiger partial charge in [0.05, 0.1) is 11.0 Å². The van der Waals surface area contributed by atoms with Gasteiger partial charge in [-0.1, -0.05) is 6.92 Å². The van der Waals surface area contributed by atoms with E-state index in [9.17, 15) is 10.1 Å². The predicted octanol–water partition coefficient (Wildman–Crippen LogP) is 1.31. The molecule has 7 nitrogen and oxygen atoms in total. The van der Waals surface area contributed by atoms with Gasteiger partial charge in [0.25, 0.3) is 0 Å². The molecule has 2 heterocycles. The number of aryl methyl sites for hydroxylation is 2. The molecule has 1 aliphatic heterocycles. The van der Waals surface area contributed by atoms with Gasteiger partial charge in [0, 0.05) is 26.2 Å². The minimum absolute atomic E-state index is 0.155. The third kappa shape index (κ3) is 2.42. The molecule has 0 aromatic carbocycles. The molecule has 0 radical (unpaired) electrons. The molecule has 1 aliphatic rings. The summed E-state index contributed by atoms with van der Waals surface area (Å²) in [7, 11) is 0. The van der Waals surface area contributed by atoms with Gasteiger partial charge in [0.15, 0.2) is 0 Å². The highest BCUT2D eigenvalue weighted by Crippen LogP contribution is 2.33. The van der Waals surface area contributed by atoms with Crippen molar-refractivity contribution in [3.8, 4) is 0 Å². The monoisotopic (exact) mass is 267 g/mol. The van der Waals surface area contributed by atoms with E-state index in [2.05, 4.69) is 22.2 Å². The summed E-state index contributed by atoms with van der Waals surface area (Å²) in [6.45, 7) is 8.98. The summed E-state index contributed by atoms with van der Waals surface area (Å²) in [5, 5.41) is 18.8. The van der Waals surface area contributed by atoms with E-state index in [1.807, 2.05) is 6.92 Å². The maximum Gasteiger partial charge on any atom is 0.333 e. The lowest BCUT2D eigenvalue weighted by molar-refractivity contribution is -0.384. The van der Waals surface area contributed by atoms with Crippen molar-refractivity contribution >= 4 is 11.5 Å². The van der Waals surface area contributed by atoms with Crippen LogP contribution in [-0.4, -0.2) is 40.4 Å². The molecule has 7 heteroatoms. The van der Waals surface area contributed by atoms with E-state index < -0.39 is 0 Å². The average Bonchev–Trinajstić information content (AvgIpc) is 2.63. The molecular formula is C12H21N5O2. The summed E-state index contributed by atoms with van der Waals surface area (Å²) in [4.78, 5) is 13.1. The second kappa shape index (κ2) is 5.56. The van der Waals surface area contributed by atoms with Crippen molar-refractivity contribution in [1.82, 2.24) is 15.1 Å². The van der Waals surface area contributed by atoms with E-state index in [-0.39, 0.29) is 10.6 Å². The van der Waals surface area contributed by atoms with Crippen LogP contribution in [0.4, 0.5) is 11.5 Å². The third-order valence-corrected chi connectivity index (χ3v) is 3.49. The van der Waals surface area contributed by atoms with Crippen LogP contribution in [0.1, 0.15) is 26.0 Å². The second-order valence-electron chi connectivity index (χ2n) is 4.84. The van der Waals surface area contributed by atoms with Crippen molar-refractivity contribution in [3.05, 3.63) is 15.8 Å². The zero-order chi connectivity index (χ0) is 14.0. The molecule has 2 rings (SSSR count). The number of nitro groups is 1. The molecule has 1 aromatic heterocycles. The summed E-state index contributed by atoms with van der Waals surface area (Å²) in [6, 6.07) is 0.333. The first-order valence-electron chi connectivity index (χ1n) is 6.79. The van der Waals surface area contributed by atoms with Crippen LogP contribution in [0.2, 0.25) is 0 Å². The van der Waals surface area contributed by atoms with E-state index in [1.165, 1.54) is 0 Å². The van der Waals surface area contributed by atoms with E-state index >= 15 is 0 Å². The number of nitrogens with zero attached hydrogens (tertiary/aromatic N) is 4. The number of aromatic nitrogens is 2. The Balaban J connectivity index is 2.46. The van der Waals surface area contributed by atoms with E-state index in [1.54, 1.807) is 11.6 Å². The fourth-order valence-electron chi connectivity index (χ4n) is 2.47. The van der Waals surface area contributed by atoms with Crippen LogP contribution in [-0.2, 0) is 6.54 Å². The van der Waals surface area contributed by atoms with Crippen LogP contribution in [0.15, 0.2) is 0 Å². The summed E-state index contributed by atoms with van der Waals surface area (Å²) in [5.41, 5.74) is 0.650. The maximum atomic E-state index is 11.3. The molecule has 1 fully saturated rings. The SMILES string of the molecule is CCCN(c1c([N+](=O)[O-])c(C)nn1CC)C1CNC1. The number of hydrogen-bond donors (Lipinski definition) is 1. The minimum atomic E-state index is -0.307. The lowest BCUT2D eigenvalue weighted by atomic mass is 10.1. The Labute approximate surface area is 112 Å². The molecule has 106 valence electrons. The third-order valence-electron chi connectivity index (χ3n) is 3.49. The minimum Gasteiger partial charge on any atom is -0.346 e. The topological polar surface area (TPSA) is 76.2 Å². The van der Waals surface area contributed by atoms with Crippen LogP contribution in [0.3, 0.4) is 0 Å². The van der Waals surface area contributed by atoms with Crippen LogP contribution in [0.5, 0.6) is 0 Å².